The molecule has 0 spiro atoms. The van der Waals surface area contributed by atoms with Gasteiger partial charge in [-0.25, -0.2) is 8.42 Å². The Morgan fingerprint density at radius 2 is 1.73 bits per heavy atom. The number of rotatable bonds is 10. The van der Waals surface area contributed by atoms with Crippen LogP contribution in [0.4, 0.5) is 11.4 Å². The summed E-state index contributed by atoms with van der Waals surface area (Å²) < 4.78 is 38.4. The molecule has 1 amide bonds. The second-order valence-electron chi connectivity index (χ2n) is 7.67. The van der Waals surface area contributed by atoms with Crippen LogP contribution in [0.5, 0.6) is 5.75 Å². The van der Waals surface area contributed by atoms with E-state index in [9.17, 15) is 13.2 Å². The number of ether oxygens (including phenoxy) is 2. The molecule has 1 heterocycles. The topological polar surface area (TPSA) is 88.2 Å². The molecule has 9 heteroatoms. The Morgan fingerprint density at radius 3 is 2.33 bits per heavy atom. The summed E-state index contributed by atoms with van der Waals surface area (Å²) in [5.74, 6) is 0.539. The van der Waals surface area contributed by atoms with Crippen LogP contribution in [0.2, 0.25) is 0 Å². The first-order valence-electron chi connectivity index (χ1n) is 11.4. The molecule has 1 fully saturated rings. The van der Waals surface area contributed by atoms with E-state index in [2.05, 4.69) is 10.2 Å². The number of carbonyl (C=O) groups is 1. The van der Waals surface area contributed by atoms with Crippen molar-refractivity contribution in [3.63, 3.8) is 0 Å². The third-order valence-corrected chi connectivity index (χ3v) is 7.58. The van der Waals surface area contributed by atoms with E-state index in [1.54, 1.807) is 18.2 Å². The van der Waals surface area contributed by atoms with Crippen LogP contribution in [0.25, 0.3) is 0 Å². The Labute approximate surface area is 196 Å². The summed E-state index contributed by atoms with van der Waals surface area (Å²) in [6.07, 6.45) is 0.169. The largest absolute Gasteiger partial charge is 0.494 e. The van der Waals surface area contributed by atoms with Gasteiger partial charge in [0.1, 0.15) is 5.75 Å². The summed E-state index contributed by atoms with van der Waals surface area (Å²) in [7, 11) is -3.65. The first kappa shape index (κ1) is 25.0. The van der Waals surface area contributed by atoms with Crippen molar-refractivity contribution in [2.24, 2.45) is 0 Å². The molecule has 1 aliphatic heterocycles. The van der Waals surface area contributed by atoms with Crippen LogP contribution in [0, 0.1) is 0 Å². The molecule has 0 radical (unpaired) electrons. The quantitative estimate of drug-likeness (QED) is 0.568. The molecule has 3 rings (SSSR count). The molecule has 0 saturated carbocycles. The summed E-state index contributed by atoms with van der Waals surface area (Å²) in [5.41, 5.74) is 2.12. The number of hydrogen-bond acceptors (Lipinski definition) is 6. The van der Waals surface area contributed by atoms with Crippen LogP contribution in [0.3, 0.4) is 0 Å². The minimum absolute atomic E-state index is 0.166. The monoisotopic (exact) mass is 475 g/mol. The van der Waals surface area contributed by atoms with Crippen LogP contribution in [-0.2, 0) is 26.0 Å². The Hall–Kier alpha value is -2.62. The lowest BCUT2D eigenvalue weighted by Crippen LogP contribution is -2.37. The van der Waals surface area contributed by atoms with Gasteiger partial charge in [-0.15, -0.1) is 0 Å². The first-order valence-corrected chi connectivity index (χ1v) is 12.8. The maximum absolute atomic E-state index is 13.1. The lowest BCUT2D eigenvalue weighted by Gasteiger charge is -2.31. The van der Waals surface area contributed by atoms with Crippen molar-refractivity contribution in [3.05, 3.63) is 48.0 Å². The van der Waals surface area contributed by atoms with Crippen molar-refractivity contribution >= 4 is 27.3 Å². The van der Waals surface area contributed by atoms with E-state index in [1.165, 1.54) is 4.31 Å². The molecule has 0 unspecified atom stereocenters. The predicted molar refractivity (Wildman–Crippen MR) is 130 cm³/mol. The summed E-state index contributed by atoms with van der Waals surface area (Å²) in [6.45, 7) is 9.38. The molecular weight excluding hydrogens is 442 g/mol. The Bertz CT molecular complexity index is 1030. The van der Waals surface area contributed by atoms with Crippen LogP contribution in [0.1, 0.15) is 26.3 Å². The molecule has 0 aromatic heterocycles. The number of nitrogens with one attached hydrogen (secondary N) is 1. The summed E-state index contributed by atoms with van der Waals surface area (Å²) in [6, 6.07) is 12.3. The van der Waals surface area contributed by atoms with E-state index in [1.807, 2.05) is 45.0 Å². The predicted octanol–water partition coefficient (Wildman–Crippen LogP) is 3.13. The van der Waals surface area contributed by atoms with Gasteiger partial charge in [-0.1, -0.05) is 26.0 Å². The van der Waals surface area contributed by atoms with Crippen LogP contribution in [-0.4, -0.2) is 64.6 Å². The first-order chi connectivity index (χ1) is 15.9. The van der Waals surface area contributed by atoms with Gasteiger partial charge in [0, 0.05) is 26.2 Å². The van der Waals surface area contributed by atoms with Gasteiger partial charge in [0.25, 0.3) is 0 Å². The zero-order chi connectivity index (χ0) is 23.8. The van der Waals surface area contributed by atoms with E-state index in [0.717, 1.165) is 17.0 Å². The number of benzene rings is 2. The Balaban J connectivity index is 1.87. The van der Waals surface area contributed by atoms with E-state index in [0.29, 0.717) is 51.7 Å². The van der Waals surface area contributed by atoms with E-state index in [4.69, 9.17) is 9.47 Å². The number of hydrogen-bond donors (Lipinski definition) is 1. The summed E-state index contributed by atoms with van der Waals surface area (Å²) in [4.78, 5) is 15.2. The fraction of sp³-hybridized carbons (Fsp3) is 0.458. The molecule has 1 saturated heterocycles. The summed E-state index contributed by atoms with van der Waals surface area (Å²) in [5, 5.41) is 2.95. The molecule has 8 nitrogen and oxygen atoms in total. The molecule has 0 aliphatic carbocycles. The van der Waals surface area contributed by atoms with E-state index < -0.39 is 10.0 Å². The lowest BCUT2D eigenvalue weighted by atomic mass is 10.1. The number of amides is 1. The highest BCUT2D eigenvalue weighted by Crippen LogP contribution is 2.31. The third kappa shape index (κ3) is 6.25. The molecule has 1 N–H and O–H groups in total. The standard InChI is InChI=1S/C24H33N3O5S/c1-4-27(5-2)33(29,30)21-11-12-23(26-13-15-31-16-14-26)22(18-21)25-24(28)17-19-7-9-20(10-8-19)32-6-3/h7-12,18H,4-6,13-17H2,1-3H3,(H,25,28). The third-order valence-electron chi connectivity index (χ3n) is 5.54. The second-order valence-corrected chi connectivity index (χ2v) is 9.61. The highest BCUT2D eigenvalue weighted by atomic mass is 32.2. The fourth-order valence-corrected chi connectivity index (χ4v) is 5.30. The van der Waals surface area contributed by atoms with Crippen molar-refractivity contribution < 1.29 is 22.7 Å². The van der Waals surface area contributed by atoms with Gasteiger partial charge in [0.15, 0.2) is 0 Å². The molecule has 2 aromatic carbocycles. The molecule has 33 heavy (non-hydrogen) atoms. The van der Waals surface area contributed by atoms with Crippen molar-refractivity contribution in [1.29, 1.82) is 0 Å². The van der Waals surface area contributed by atoms with Gasteiger partial charge < -0.3 is 19.7 Å². The SMILES string of the molecule is CCOc1ccc(CC(=O)Nc2cc(S(=O)(=O)N(CC)CC)ccc2N2CCOCC2)cc1. The normalized spacial score (nSPS) is 14.4. The molecular formula is C24H33N3O5S. The molecule has 0 bridgehead atoms. The maximum atomic E-state index is 13.1. The van der Waals surface area contributed by atoms with Gasteiger partial charge in [0.2, 0.25) is 15.9 Å². The molecule has 180 valence electrons. The smallest absolute Gasteiger partial charge is 0.243 e. The highest BCUT2D eigenvalue weighted by molar-refractivity contribution is 7.89. The molecule has 0 atom stereocenters. The minimum atomic E-state index is -3.65. The lowest BCUT2D eigenvalue weighted by molar-refractivity contribution is -0.115. The number of anilines is 2. The van der Waals surface area contributed by atoms with E-state index in [-0.39, 0.29) is 17.2 Å². The highest BCUT2D eigenvalue weighted by Gasteiger charge is 2.24. The maximum Gasteiger partial charge on any atom is 0.243 e. The van der Waals surface area contributed by atoms with Gasteiger partial charge in [0.05, 0.1) is 42.5 Å². The number of carbonyl (C=O) groups excluding carboxylic acids is 1. The molecule has 1 aliphatic rings. The zero-order valence-corrected chi connectivity index (χ0v) is 20.4. The number of nitrogens with zero attached hydrogens (tertiary/aromatic N) is 2. The van der Waals surface area contributed by atoms with Crippen molar-refractivity contribution in [1.82, 2.24) is 4.31 Å². The number of morpholine rings is 1. The van der Waals surface area contributed by atoms with Crippen LogP contribution >= 0.6 is 0 Å². The zero-order valence-electron chi connectivity index (χ0n) is 19.5. The van der Waals surface area contributed by atoms with Gasteiger partial charge in [-0.05, 0) is 42.8 Å². The second kappa shape index (κ2) is 11.5. The molecule has 2 aromatic rings. The van der Waals surface area contributed by atoms with Crippen LogP contribution < -0.4 is 15.0 Å². The van der Waals surface area contributed by atoms with Crippen molar-refractivity contribution in [2.45, 2.75) is 32.1 Å². The fourth-order valence-electron chi connectivity index (χ4n) is 3.82. The Kier molecular flexibility index (Phi) is 8.71. The average molecular weight is 476 g/mol. The van der Waals surface area contributed by atoms with Gasteiger partial charge >= 0.3 is 0 Å². The van der Waals surface area contributed by atoms with E-state index >= 15 is 0 Å². The van der Waals surface area contributed by atoms with Gasteiger partial charge in [-0.2, -0.15) is 4.31 Å². The average Bonchev–Trinajstić information content (AvgIpc) is 2.81. The Morgan fingerprint density at radius 1 is 1.06 bits per heavy atom. The minimum Gasteiger partial charge on any atom is -0.494 e. The summed E-state index contributed by atoms with van der Waals surface area (Å²) >= 11 is 0. The van der Waals surface area contributed by atoms with Crippen molar-refractivity contribution in [3.8, 4) is 5.75 Å². The number of sulfonamides is 1. The van der Waals surface area contributed by atoms with Crippen molar-refractivity contribution in [2.75, 3.05) is 56.2 Å². The van der Waals surface area contributed by atoms with Crippen LogP contribution in [0.15, 0.2) is 47.4 Å². The van der Waals surface area contributed by atoms with Gasteiger partial charge in [-0.3, -0.25) is 4.79 Å².